The molecule has 1 aliphatic carbocycles. The molecule has 1 aromatic rings. The molecule has 0 unspecified atom stereocenters. The molecule has 6 nitrogen and oxygen atoms in total. The summed E-state index contributed by atoms with van der Waals surface area (Å²) in [6, 6.07) is 4.01. The Morgan fingerprint density at radius 2 is 2.11 bits per heavy atom. The minimum absolute atomic E-state index is 0.00736. The van der Waals surface area contributed by atoms with E-state index in [-0.39, 0.29) is 22.2 Å². The molecular formula is C12H16N2O4S. The van der Waals surface area contributed by atoms with Crippen LogP contribution in [0.25, 0.3) is 0 Å². The second kappa shape index (κ2) is 5.18. The van der Waals surface area contributed by atoms with E-state index in [2.05, 4.69) is 9.46 Å². The maximum Gasteiger partial charge on any atom is 0.337 e. The minimum atomic E-state index is -3.63. The van der Waals surface area contributed by atoms with Crippen LogP contribution in [-0.2, 0) is 14.8 Å². The fourth-order valence-corrected chi connectivity index (χ4v) is 3.26. The molecular weight excluding hydrogens is 268 g/mol. The number of carbonyl (C=O) groups excluding carboxylic acids is 1. The van der Waals surface area contributed by atoms with Gasteiger partial charge in [0.2, 0.25) is 10.0 Å². The Labute approximate surface area is 112 Å². The van der Waals surface area contributed by atoms with Gasteiger partial charge >= 0.3 is 5.97 Å². The third-order valence-electron chi connectivity index (χ3n) is 3.15. The molecule has 1 aromatic carbocycles. The van der Waals surface area contributed by atoms with Gasteiger partial charge in [-0.1, -0.05) is 6.42 Å². The van der Waals surface area contributed by atoms with Crippen LogP contribution in [-0.4, -0.2) is 27.5 Å². The SMILES string of the molecule is COC(=O)c1ccc(S(=O)(=O)NC2CCC2)c(N)c1. The number of nitrogens with one attached hydrogen (secondary N) is 1. The number of carbonyl (C=O) groups is 1. The fraction of sp³-hybridized carbons (Fsp3) is 0.417. The van der Waals surface area contributed by atoms with Crippen LogP contribution >= 0.6 is 0 Å². The standard InChI is InChI=1S/C12H16N2O4S/c1-18-12(15)8-5-6-11(10(13)7-8)19(16,17)14-9-3-2-4-9/h5-7,9,14H,2-4,13H2,1H3. The molecule has 1 aliphatic rings. The molecule has 0 amide bonds. The van der Waals surface area contributed by atoms with Gasteiger partial charge in [-0.05, 0) is 31.0 Å². The number of rotatable bonds is 4. The summed E-state index contributed by atoms with van der Waals surface area (Å²) < 4.78 is 31.3. The number of nitrogens with two attached hydrogens (primary N) is 1. The van der Waals surface area contributed by atoms with E-state index in [0.29, 0.717) is 0 Å². The van der Waals surface area contributed by atoms with Crippen LogP contribution in [0, 0.1) is 0 Å². The van der Waals surface area contributed by atoms with Gasteiger partial charge in [-0.25, -0.2) is 17.9 Å². The van der Waals surface area contributed by atoms with E-state index in [0.717, 1.165) is 19.3 Å². The largest absolute Gasteiger partial charge is 0.465 e. The first-order valence-corrected chi connectivity index (χ1v) is 7.42. The van der Waals surface area contributed by atoms with Crippen molar-refractivity contribution in [3.8, 4) is 0 Å². The predicted octanol–water partition coefficient (Wildman–Crippen LogP) is 0.886. The topological polar surface area (TPSA) is 98.5 Å². The normalized spacial score (nSPS) is 15.8. The average Bonchev–Trinajstić information content (AvgIpc) is 2.32. The van der Waals surface area contributed by atoms with E-state index >= 15 is 0 Å². The highest BCUT2D eigenvalue weighted by atomic mass is 32.2. The molecule has 0 aliphatic heterocycles. The van der Waals surface area contributed by atoms with Gasteiger partial charge in [-0.2, -0.15) is 0 Å². The summed E-state index contributed by atoms with van der Waals surface area (Å²) in [6.07, 6.45) is 2.72. The minimum Gasteiger partial charge on any atom is -0.465 e. The molecule has 0 radical (unpaired) electrons. The molecule has 0 heterocycles. The second-order valence-electron chi connectivity index (χ2n) is 4.49. The zero-order valence-electron chi connectivity index (χ0n) is 10.5. The van der Waals surface area contributed by atoms with Crippen molar-refractivity contribution in [2.45, 2.75) is 30.2 Å². The Hall–Kier alpha value is -1.60. The van der Waals surface area contributed by atoms with Crippen molar-refractivity contribution in [2.24, 2.45) is 0 Å². The van der Waals surface area contributed by atoms with Gasteiger partial charge in [0.05, 0.1) is 18.4 Å². The second-order valence-corrected chi connectivity index (χ2v) is 6.18. The van der Waals surface area contributed by atoms with Crippen molar-refractivity contribution in [1.82, 2.24) is 4.72 Å². The Morgan fingerprint density at radius 1 is 1.42 bits per heavy atom. The van der Waals surface area contributed by atoms with Gasteiger partial charge in [0.25, 0.3) is 0 Å². The molecule has 0 saturated heterocycles. The molecule has 1 saturated carbocycles. The highest BCUT2D eigenvalue weighted by molar-refractivity contribution is 7.89. The number of anilines is 1. The zero-order chi connectivity index (χ0) is 14.0. The van der Waals surface area contributed by atoms with Gasteiger partial charge in [-0.3, -0.25) is 0 Å². The Balaban J connectivity index is 2.27. The third-order valence-corrected chi connectivity index (χ3v) is 4.74. The Morgan fingerprint density at radius 3 is 2.58 bits per heavy atom. The van der Waals surface area contributed by atoms with E-state index in [1.807, 2.05) is 0 Å². The lowest BCUT2D eigenvalue weighted by Crippen LogP contribution is -2.39. The van der Waals surface area contributed by atoms with Crippen molar-refractivity contribution in [3.63, 3.8) is 0 Å². The number of esters is 1. The summed E-state index contributed by atoms with van der Waals surface area (Å²) in [5.74, 6) is -0.553. The maximum absolute atomic E-state index is 12.1. The van der Waals surface area contributed by atoms with Crippen molar-refractivity contribution >= 4 is 21.7 Å². The van der Waals surface area contributed by atoms with Gasteiger partial charge < -0.3 is 10.5 Å². The van der Waals surface area contributed by atoms with Crippen LogP contribution < -0.4 is 10.5 Å². The molecule has 0 atom stereocenters. The van der Waals surface area contributed by atoms with Crippen LogP contribution in [0.4, 0.5) is 5.69 Å². The van der Waals surface area contributed by atoms with Crippen LogP contribution in [0.5, 0.6) is 0 Å². The van der Waals surface area contributed by atoms with Crippen LogP contribution in [0.2, 0.25) is 0 Å². The smallest absolute Gasteiger partial charge is 0.337 e. The van der Waals surface area contributed by atoms with Gasteiger partial charge in [0, 0.05) is 6.04 Å². The first kappa shape index (κ1) is 13.8. The van der Waals surface area contributed by atoms with Crippen LogP contribution in [0.3, 0.4) is 0 Å². The van der Waals surface area contributed by atoms with Crippen molar-refractivity contribution in [2.75, 3.05) is 12.8 Å². The number of nitrogen functional groups attached to an aromatic ring is 1. The van der Waals surface area contributed by atoms with Crippen molar-refractivity contribution in [3.05, 3.63) is 23.8 Å². The number of hydrogen-bond acceptors (Lipinski definition) is 5. The summed E-state index contributed by atoms with van der Waals surface area (Å²) in [5.41, 5.74) is 5.97. The molecule has 19 heavy (non-hydrogen) atoms. The molecule has 1 fully saturated rings. The van der Waals surface area contributed by atoms with Gasteiger partial charge in [0.1, 0.15) is 4.90 Å². The molecule has 0 bridgehead atoms. The predicted molar refractivity (Wildman–Crippen MR) is 70.2 cm³/mol. The lowest BCUT2D eigenvalue weighted by Gasteiger charge is -2.26. The quantitative estimate of drug-likeness (QED) is 0.632. The Bertz CT molecular complexity index is 594. The lowest BCUT2D eigenvalue weighted by atomic mass is 9.94. The number of methoxy groups -OCH3 is 1. The van der Waals surface area contributed by atoms with E-state index in [4.69, 9.17) is 5.73 Å². The number of benzene rings is 1. The van der Waals surface area contributed by atoms with Crippen LogP contribution in [0.1, 0.15) is 29.6 Å². The number of hydrogen-bond donors (Lipinski definition) is 2. The van der Waals surface area contributed by atoms with E-state index < -0.39 is 16.0 Å². The summed E-state index contributed by atoms with van der Waals surface area (Å²) in [6.45, 7) is 0. The molecule has 0 spiro atoms. The van der Waals surface area contributed by atoms with Gasteiger partial charge in [0.15, 0.2) is 0 Å². The van der Waals surface area contributed by atoms with Gasteiger partial charge in [-0.15, -0.1) is 0 Å². The average molecular weight is 284 g/mol. The Kier molecular flexibility index (Phi) is 3.77. The third kappa shape index (κ3) is 2.87. The van der Waals surface area contributed by atoms with E-state index in [9.17, 15) is 13.2 Å². The summed E-state index contributed by atoms with van der Waals surface area (Å²) >= 11 is 0. The highest BCUT2D eigenvalue weighted by Crippen LogP contribution is 2.24. The summed E-state index contributed by atoms with van der Waals surface area (Å²) in [5, 5.41) is 0. The van der Waals surface area contributed by atoms with E-state index in [1.54, 1.807) is 0 Å². The zero-order valence-corrected chi connectivity index (χ0v) is 11.4. The maximum atomic E-state index is 12.1. The first-order valence-electron chi connectivity index (χ1n) is 5.94. The number of ether oxygens (including phenoxy) is 1. The molecule has 3 N–H and O–H groups in total. The molecule has 0 aromatic heterocycles. The van der Waals surface area contributed by atoms with Crippen molar-refractivity contribution in [1.29, 1.82) is 0 Å². The highest BCUT2D eigenvalue weighted by Gasteiger charge is 2.26. The first-order chi connectivity index (χ1) is 8.94. The van der Waals surface area contributed by atoms with E-state index in [1.165, 1.54) is 25.3 Å². The summed E-state index contributed by atoms with van der Waals surface area (Å²) in [4.78, 5) is 11.3. The van der Waals surface area contributed by atoms with Crippen molar-refractivity contribution < 1.29 is 17.9 Å². The molecule has 2 rings (SSSR count). The lowest BCUT2D eigenvalue weighted by molar-refractivity contribution is 0.0600. The molecule has 104 valence electrons. The van der Waals surface area contributed by atoms with Crippen LogP contribution in [0.15, 0.2) is 23.1 Å². The fourth-order valence-electron chi connectivity index (χ4n) is 1.85. The monoisotopic (exact) mass is 284 g/mol. The summed E-state index contributed by atoms with van der Waals surface area (Å²) in [7, 11) is -2.38. The molecule has 7 heteroatoms. The number of sulfonamides is 1.